The predicted molar refractivity (Wildman–Crippen MR) is 126 cm³/mol. The Morgan fingerprint density at radius 1 is 1.00 bits per heavy atom. The van der Waals surface area contributed by atoms with Crippen molar-refractivity contribution in [1.29, 1.82) is 10.5 Å². The summed E-state index contributed by atoms with van der Waals surface area (Å²) in [6, 6.07) is 12.8. The molecule has 4 rings (SSSR count). The highest BCUT2D eigenvalue weighted by Crippen LogP contribution is 2.24. The highest BCUT2D eigenvalue weighted by atomic mass is 19.1. The molecule has 2 aromatic carbocycles. The van der Waals surface area contributed by atoms with E-state index in [-0.39, 0.29) is 30.3 Å². The number of halogens is 2. The minimum atomic E-state index is -0.881. The van der Waals surface area contributed by atoms with Crippen LogP contribution in [0.1, 0.15) is 23.1 Å². The summed E-state index contributed by atoms with van der Waals surface area (Å²) >= 11 is 0. The third kappa shape index (κ3) is 6.76. The highest BCUT2D eigenvalue weighted by Gasteiger charge is 2.35. The van der Waals surface area contributed by atoms with E-state index >= 15 is 0 Å². The van der Waals surface area contributed by atoms with Gasteiger partial charge in [-0.25, -0.2) is 8.78 Å². The third-order valence-corrected chi connectivity index (χ3v) is 6.16. The van der Waals surface area contributed by atoms with Gasteiger partial charge in [-0.3, -0.25) is 14.6 Å². The topological polar surface area (TPSA) is 102 Å². The fourth-order valence-electron chi connectivity index (χ4n) is 4.55. The average Bonchev–Trinajstić information content (AvgIpc) is 2.86. The van der Waals surface area contributed by atoms with Gasteiger partial charge in [-0.1, -0.05) is 12.1 Å². The number of rotatable bonds is 9. The number of hydrogen-bond acceptors (Lipinski definition) is 7. The lowest BCUT2D eigenvalue weighted by atomic mass is 10.1. The molecule has 1 amide bonds. The molecule has 0 aliphatic carbocycles. The molecule has 1 N–H and O–H groups in total. The van der Waals surface area contributed by atoms with Gasteiger partial charge in [0.2, 0.25) is 5.91 Å². The SMILES string of the molecule is N#Cc1ccc(CNC(=O)CN2CC3CN(CCCOc4c(F)cc(C#N)cc4F)CC(C2)O3)cc1. The molecule has 36 heavy (non-hydrogen) atoms. The average molecular weight is 496 g/mol. The van der Waals surface area contributed by atoms with Crippen molar-refractivity contribution in [2.75, 3.05) is 45.9 Å². The molecule has 2 aromatic rings. The summed E-state index contributed by atoms with van der Waals surface area (Å²) < 4.78 is 39.2. The number of nitrogens with one attached hydrogen (secondary N) is 1. The smallest absolute Gasteiger partial charge is 0.234 e. The molecule has 2 atom stereocenters. The number of benzene rings is 2. The van der Waals surface area contributed by atoms with Crippen molar-refractivity contribution in [3.05, 3.63) is 64.7 Å². The monoisotopic (exact) mass is 495 g/mol. The van der Waals surface area contributed by atoms with Crippen LogP contribution in [-0.2, 0) is 16.1 Å². The first-order valence-electron chi connectivity index (χ1n) is 11.8. The molecule has 0 saturated carbocycles. The third-order valence-electron chi connectivity index (χ3n) is 6.16. The van der Waals surface area contributed by atoms with Crippen LogP contribution in [0, 0.1) is 34.3 Å². The molecule has 2 heterocycles. The van der Waals surface area contributed by atoms with Gasteiger partial charge in [0.05, 0.1) is 48.6 Å². The van der Waals surface area contributed by atoms with Crippen LogP contribution in [0.3, 0.4) is 0 Å². The summed E-state index contributed by atoms with van der Waals surface area (Å²) in [6.07, 6.45) is 0.552. The molecule has 2 unspecified atom stereocenters. The number of nitriles is 2. The van der Waals surface area contributed by atoms with Gasteiger partial charge in [0.15, 0.2) is 17.4 Å². The Bertz CT molecular complexity index is 1120. The molecule has 2 bridgehead atoms. The number of hydrogen-bond donors (Lipinski definition) is 1. The van der Waals surface area contributed by atoms with Gasteiger partial charge in [0, 0.05) is 39.3 Å². The van der Waals surface area contributed by atoms with E-state index in [0.29, 0.717) is 57.8 Å². The lowest BCUT2D eigenvalue weighted by Crippen LogP contribution is -2.60. The Morgan fingerprint density at radius 3 is 2.22 bits per heavy atom. The van der Waals surface area contributed by atoms with Gasteiger partial charge in [0.1, 0.15) is 0 Å². The summed E-state index contributed by atoms with van der Waals surface area (Å²) in [5, 5.41) is 20.6. The molecule has 10 heteroatoms. The molecule has 2 aliphatic heterocycles. The van der Waals surface area contributed by atoms with E-state index in [2.05, 4.69) is 21.2 Å². The maximum atomic E-state index is 13.9. The zero-order chi connectivity index (χ0) is 25.5. The van der Waals surface area contributed by atoms with Gasteiger partial charge < -0.3 is 14.8 Å². The first-order chi connectivity index (χ1) is 17.4. The minimum absolute atomic E-state index is 0.0156. The van der Waals surface area contributed by atoms with Gasteiger partial charge in [-0.2, -0.15) is 10.5 Å². The largest absolute Gasteiger partial charge is 0.488 e. The number of carbonyl (C=O) groups excluding carboxylic acids is 1. The summed E-state index contributed by atoms with van der Waals surface area (Å²) in [5.74, 6) is -2.28. The molecule has 2 aliphatic rings. The molecular formula is C26H27F2N5O3. The molecular weight excluding hydrogens is 468 g/mol. The van der Waals surface area contributed by atoms with Crippen LogP contribution >= 0.6 is 0 Å². The highest BCUT2D eigenvalue weighted by molar-refractivity contribution is 5.78. The lowest BCUT2D eigenvalue weighted by Gasteiger charge is -2.45. The standard InChI is InChI=1S/C26H27F2N5O3/c27-23-8-20(11-30)9-24(28)26(23)35-7-1-6-32-13-21-15-33(16-22(14-32)36-21)17-25(34)31-12-19-4-2-18(10-29)3-5-19/h2-5,8-9,21-22H,1,6-7,12-17H2,(H,31,34). The Hall–Kier alpha value is -3.57. The van der Waals surface area contributed by atoms with Crippen molar-refractivity contribution in [3.63, 3.8) is 0 Å². The van der Waals surface area contributed by atoms with Crippen LogP contribution in [-0.4, -0.2) is 73.8 Å². The number of fused-ring (bicyclic) bond motifs is 2. The van der Waals surface area contributed by atoms with E-state index in [1.807, 2.05) is 12.1 Å². The maximum absolute atomic E-state index is 13.9. The predicted octanol–water partition coefficient (Wildman–Crippen LogP) is 2.18. The van der Waals surface area contributed by atoms with Crippen molar-refractivity contribution >= 4 is 5.91 Å². The van der Waals surface area contributed by atoms with Gasteiger partial charge >= 0.3 is 0 Å². The van der Waals surface area contributed by atoms with Crippen molar-refractivity contribution in [2.24, 2.45) is 0 Å². The Balaban J connectivity index is 1.16. The molecule has 188 valence electrons. The summed E-state index contributed by atoms with van der Waals surface area (Å²) in [7, 11) is 0. The minimum Gasteiger partial charge on any atom is -0.488 e. The summed E-state index contributed by atoms with van der Waals surface area (Å²) in [6.45, 7) is 4.26. The second-order valence-corrected chi connectivity index (χ2v) is 9.00. The molecule has 0 aromatic heterocycles. The summed E-state index contributed by atoms with van der Waals surface area (Å²) in [4.78, 5) is 16.8. The lowest BCUT2D eigenvalue weighted by molar-refractivity contribution is -0.145. The van der Waals surface area contributed by atoms with Gasteiger partial charge in [-0.15, -0.1) is 0 Å². The fraction of sp³-hybridized carbons (Fsp3) is 0.423. The van der Waals surface area contributed by atoms with E-state index in [9.17, 15) is 13.6 Å². The van der Waals surface area contributed by atoms with Crippen LogP contribution in [0.25, 0.3) is 0 Å². The van der Waals surface area contributed by atoms with E-state index in [4.69, 9.17) is 20.0 Å². The zero-order valence-corrected chi connectivity index (χ0v) is 19.8. The van der Waals surface area contributed by atoms with E-state index in [0.717, 1.165) is 17.7 Å². The zero-order valence-electron chi connectivity index (χ0n) is 19.8. The second-order valence-electron chi connectivity index (χ2n) is 9.00. The van der Waals surface area contributed by atoms with Crippen LogP contribution in [0.2, 0.25) is 0 Å². The van der Waals surface area contributed by atoms with Crippen molar-refractivity contribution in [3.8, 4) is 17.9 Å². The fourth-order valence-corrected chi connectivity index (χ4v) is 4.55. The molecule has 2 fully saturated rings. The molecule has 0 spiro atoms. The number of amides is 1. The van der Waals surface area contributed by atoms with Gasteiger partial charge in [0.25, 0.3) is 0 Å². The van der Waals surface area contributed by atoms with Crippen molar-refractivity contribution in [1.82, 2.24) is 15.1 Å². The van der Waals surface area contributed by atoms with Crippen LogP contribution < -0.4 is 10.1 Å². The number of morpholine rings is 2. The first kappa shape index (κ1) is 25.5. The number of nitrogens with zero attached hydrogens (tertiary/aromatic N) is 4. The van der Waals surface area contributed by atoms with Crippen LogP contribution in [0.5, 0.6) is 5.75 Å². The van der Waals surface area contributed by atoms with E-state index in [1.165, 1.54) is 0 Å². The Labute approximate surface area is 208 Å². The van der Waals surface area contributed by atoms with E-state index in [1.54, 1.807) is 18.2 Å². The van der Waals surface area contributed by atoms with Crippen LogP contribution in [0.15, 0.2) is 36.4 Å². The van der Waals surface area contributed by atoms with Crippen molar-refractivity contribution < 1.29 is 23.0 Å². The second kappa shape index (κ2) is 11.9. The summed E-state index contributed by atoms with van der Waals surface area (Å²) in [5.41, 5.74) is 1.43. The van der Waals surface area contributed by atoms with Crippen LogP contribution in [0.4, 0.5) is 8.78 Å². The normalized spacial score (nSPS) is 19.8. The quantitative estimate of drug-likeness (QED) is 0.532. The van der Waals surface area contributed by atoms with Gasteiger partial charge in [-0.05, 0) is 36.2 Å². The molecule has 8 nitrogen and oxygen atoms in total. The number of ether oxygens (including phenoxy) is 2. The maximum Gasteiger partial charge on any atom is 0.234 e. The molecule has 0 radical (unpaired) electrons. The first-order valence-corrected chi connectivity index (χ1v) is 11.8. The Morgan fingerprint density at radius 2 is 1.61 bits per heavy atom. The molecule has 2 saturated heterocycles. The Kier molecular flexibility index (Phi) is 8.44. The number of carbonyl (C=O) groups is 1. The van der Waals surface area contributed by atoms with E-state index < -0.39 is 17.4 Å². The van der Waals surface area contributed by atoms with Crippen molar-refractivity contribution in [2.45, 2.75) is 25.2 Å².